The van der Waals surface area contributed by atoms with Crippen molar-refractivity contribution < 1.29 is 9.15 Å². The van der Waals surface area contributed by atoms with Crippen LogP contribution >= 0.6 is 11.3 Å². The third kappa shape index (κ3) is 5.12. The molecule has 3 heterocycles. The number of guanidine groups is 1. The normalized spacial score (nSPS) is 17.6. The second-order valence-electron chi connectivity index (χ2n) is 7.11. The lowest BCUT2D eigenvalue weighted by molar-refractivity contribution is 0.119. The molecule has 3 rings (SSSR count). The molecule has 0 bridgehead atoms. The van der Waals surface area contributed by atoms with Gasteiger partial charge >= 0.3 is 0 Å². The van der Waals surface area contributed by atoms with Crippen LogP contribution in [-0.2, 0) is 11.3 Å². The van der Waals surface area contributed by atoms with Crippen molar-refractivity contribution in [2.24, 2.45) is 4.99 Å². The number of likely N-dealkylation sites (tertiary alicyclic amines) is 1. The van der Waals surface area contributed by atoms with Crippen molar-refractivity contribution in [2.45, 2.75) is 38.5 Å². The summed E-state index contributed by atoms with van der Waals surface area (Å²) in [5.41, 5.74) is 1.02. The number of hydrogen-bond acceptors (Lipinski definition) is 6. The van der Waals surface area contributed by atoms with Gasteiger partial charge in [-0.2, -0.15) is 0 Å². The van der Waals surface area contributed by atoms with E-state index in [1.54, 1.807) is 24.7 Å². The van der Waals surface area contributed by atoms with Gasteiger partial charge in [0, 0.05) is 33.1 Å². The van der Waals surface area contributed by atoms with Crippen molar-refractivity contribution in [2.75, 3.05) is 40.8 Å². The Bertz CT molecular complexity index is 740. The van der Waals surface area contributed by atoms with Crippen LogP contribution in [0.2, 0.25) is 0 Å². The molecule has 1 aliphatic heterocycles. The monoisotopic (exact) mass is 405 g/mol. The second-order valence-corrected chi connectivity index (χ2v) is 8.00. The molecule has 1 N–H and O–H groups in total. The molecule has 0 spiro atoms. The van der Waals surface area contributed by atoms with Crippen molar-refractivity contribution in [1.29, 1.82) is 0 Å². The minimum absolute atomic E-state index is 0.0241. The summed E-state index contributed by atoms with van der Waals surface area (Å²) in [7, 11) is 5.56. The minimum atomic E-state index is 0.0241. The highest BCUT2D eigenvalue weighted by molar-refractivity contribution is 7.09. The van der Waals surface area contributed by atoms with E-state index in [0.29, 0.717) is 6.54 Å². The molecule has 0 saturated carbocycles. The lowest BCUT2D eigenvalue weighted by Crippen LogP contribution is -2.43. The summed E-state index contributed by atoms with van der Waals surface area (Å²) in [6.45, 7) is 5.69. The number of nitrogens with zero attached hydrogens (tertiary/aromatic N) is 4. The molecule has 0 radical (unpaired) electrons. The molecule has 1 saturated heterocycles. The molecule has 28 heavy (non-hydrogen) atoms. The Morgan fingerprint density at radius 3 is 2.89 bits per heavy atom. The fourth-order valence-electron chi connectivity index (χ4n) is 3.52. The summed E-state index contributed by atoms with van der Waals surface area (Å²) in [5.74, 6) is 1.86. The molecule has 2 aromatic rings. The van der Waals surface area contributed by atoms with E-state index < -0.39 is 0 Å². The number of nitrogens with one attached hydrogen (secondary N) is 1. The number of thiazole rings is 1. The quantitative estimate of drug-likeness (QED) is 0.537. The first-order chi connectivity index (χ1) is 13.6. The van der Waals surface area contributed by atoms with E-state index in [-0.39, 0.29) is 12.1 Å². The maximum absolute atomic E-state index is 5.71. The largest absolute Gasteiger partial charge is 0.468 e. The molecule has 2 atom stereocenters. The van der Waals surface area contributed by atoms with Gasteiger partial charge in [-0.1, -0.05) is 0 Å². The minimum Gasteiger partial charge on any atom is -0.468 e. The molecule has 0 aromatic carbocycles. The van der Waals surface area contributed by atoms with Gasteiger partial charge < -0.3 is 19.4 Å². The Morgan fingerprint density at radius 1 is 1.46 bits per heavy atom. The van der Waals surface area contributed by atoms with Crippen LogP contribution in [0.3, 0.4) is 0 Å². The highest BCUT2D eigenvalue weighted by Crippen LogP contribution is 2.25. The van der Waals surface area contributed by atoms with Crippen molar-refractivity contribution >= 4 is 17.3 Å². The summed E-state index contributed by atoms with van der Waals surface area (Å²) in [6.07, 6.45) is 4.27. The van der Waals surface area contributed by atoms with Crippen LogP contribution in [-0.4, -0.2) is 61.6 Å². The van der Waals surface area contributed by atoms with Crippen LogP contribution in [0.1, 0.15) is 48.4 Å². The highest BCUT2D eigenvalue weighted by atomic mass is 32.1. The van der Waals surface area contributed by atoms with Gasteiger partial charge in [0.1, 0.15) is 16.9 Å². The molecule has 1 aliphatic rings. The van der Waals surface area contributed by atoms with E-state index in [2.05, 4.69) is 36.5 Å². The van der Waals surface area contributed by atoms with Crippen molar-refractivity contribution in [3.63, 3.8) is 0 Å². The number of ether oxygens (including phenoxy) is 1. The van der Waals surface area contributed by atoms with E-state index >= 15 is 0 Å². The zero-order valence-corrected chi connectivity index (χ0v) is 18.0. The SMILES string of the molecule is CN=C(NCC(c1ccco1)N1CCCC1)N(C)Cc1csc(C(C)OC)n1. The number of rotatable bonds is 8. The fraction of sp³-hybridized carbons (Fsp3) is 0.600. The smallest absolute Gasteiger partial charge is 0.193 e. The Hall–Kier alpha value is -1.90. The lowest BCUT2D eigenvalue weighted by atomic mass is 10.2. The maximum Gasteiger partial charge on any atom is 0.193 e. The van der Waals surface area contributed by atoms with E-state index in [0.717, 1.165) is 42.1 Å². The number of aromatic nitrogens is 1. The van der Waals surface area contributed by atoms with Gasteiger partial charge in [0.15, 0.2) is 5.96 Å². The van der Waals surface area contributed by atoms with Gasteiger partial charge in [-0.25, -0.2) is 4.98 Å². The van der Waals surface area contributed by atoms with Crippen molar-refractivity contribution in [3.05, 3.63) is 40.2 Å². The van der Waals surface area contributed by atoms with E-state index in [1.165, 1.54) is 12.8 Å². The van der Waals surface area contributed by atoms with Gasteiger partial charge in [-0.3, -0.25) is 9.89 Å². The summed E-state index contributed by atoms with van der Waals surface area (Å²) >= 11 is 1.63. The Kier molecular flexibility index (Phi) is 7.47. The van der Waals surface area contributed by atoms with Gasteiger partial charge in [0.05, 0.1) is 24.5 Å². The third-order valence-electron chi connectivity index (χ3n) is 5.15. The fourth-order valence-corrected chi connectivity index (χ4v) is 4.36. The lowest BCUT2D eigenvalue weighted by Gasteiger charge is -2.28. The first kappa shape index (κ1) is 20.8. The van der Waals surface area contributed by atoms with Crippen LogP contribution in [0, 0.1) is 0 Å². The van der Waals surface area contributed by atoms with Gasteiger partial charge in [0.25, 0.3) is 0 Å². The Labute approximate surface area is 171 Å². The zero-order chi connectivity index (χ0) is 19.9. The number of aliphatic imine (C=N–C) groups is 1. The predicted octanol–water partition coefficient (Wildman–Crippen LogP) is 3.29. The van der Waals surface area contributed by atoms with E-state index in [9.17, 15) is 0 Å². The molecular formula is C20H31N5O2S. The summed E-state index contributed by atoms with van der Waals surface area (Å²) < 4.78 is 11.1. The molecule has 0 amide bonds. The standard InChI is InChI=1S/C20H31N5O2S/c1-15(26-4)19-23-16(14-28-19)13-24(3)20(21-2)22-12-17(18-8-7-11-27-18)25-9-5-6-10-25/h7-8,11,14-15,17H,5-6,9-10,12-13H2,1-4H3,(H,21,22). The molecule has 8 heteroatoms. The van der Waals surface area contributed by atoms with Gasteiger partial charge in [-0.05, 0) is 45.0 Å². The average Bonchev–Trinajstić information content (AvgIpc) is 3.47. The van der Waals surface area contributed by atoms with Crippen LogP contribution < -0.4 is 5.32 Å². The number of hydrogen-bond donors (Lipinski definition) is 1. The van der Waals surface area contributed by atoms with Crippen LogP contribution in [0.5, 0.6) is 0 Å². The van der Waals surface area contributed by atoms with Crippen LogP contribution in [0.25, 0.3) is 0 Å². The Balaban J connectivity index is 1.60. The average molecular weight is 406 g/mol. The molecule has 7 nitrogen and oxygen atoms in total. The van der Waals surface area contributed by atoms with E-state index in [4.69, 9.17) is 9.15 Å². The summed E-state index contributed by atoms with van der Waals surface area (Å²) in [6, 6.07) is 4.24. The Morgan fingerprint density at radius 2 is 2.25 bits per heavy atom. The summed E-state index contributed by atoms with van der Waals surface area (Å²) in [5, 5.41) is 6.61. The predicted molar refractivity (Wildman–Crippen MR) is 113 cm³/mol. The first-order valence-electron chi connectivity index (χ1n) is 9.78. The molecule has 2 aromatic heterocycles. The van der Waals surface area contributed by atoms with Gasteiger partial charge in [0.2, 0.25) is 0 Å². The van der Waals surface area contributed by atoms with Crippen molar-refractivity contribution in [1.82, 2.24) is 20.1 Å². The van der Waals surface area contributed by atoms with E-state index in [1.807, 2.05) is 27.1 Å². The highest BCUT2D eigenvalue weighted by Gasteiger charge is 2.26. The number of furan rings is 1. The van der Waals surface area contributed by atoms with Crippen LogP contribution in [0.4, 0.5) is 0 Å². The maximum atomic E-state index is 5.71. The zero-order valence-electron chi connectivity index (χ0n) is 17.2. The molecule has 154 valence electrons. The molecular weight excluding hydrogens is 374 g/mol. The molecule has 2 unspecified atom stereocenters. The van der Waals surface area contributed by atoms with Crippen LogP contribution in [0.15, 0.2) is 33.2 Å². The first-order valence-corrected chi connectivity index (χ1v) is 10.7. The second kappa shape index (κ2) is 10.0. The molecule has 0 aliphatic carbocycles. The topological polar surface area (TPSA) is 66.1 Å². The number of methoxy groups -OCH3 is 1. The van der Waals surface area contributed by atoms with Crippen molar-refractivity contribution in [3.8, 4) is 0 Å². The molecule has 1 fully saturated rings. The van der Waals surface area contributed by atoms with Gasteiger partial charge in [-0.15, -0.1) is 11.3 Å². The summed E-state index contributed by atoms with van der Waals surface area (Å²) in [4.78, 5) is 13.7. The third-order valence-corrected chi connectivity index (χ3v) is 6.20.